The van der Waals surface area contributed by atoms with Crippen molar-refractivity contribution in [1.82, 2.24) is 15.1 Å². The van der Waals surface area contributed by atoms with E-state index in [9.17, 15) is 13.2 Å². The van der Waals surface area contributed by atoms with E-state index < -0.39 is 6.61 Å². The number of benzene rings is 2. The van der Waals surface area contributed by atoms with Gasteiger partial charge in [-0.15, -0.1) is 0 Å². The first-order chi connectivity index (χ1) is 13.4. The summed E-state index contributed by atoms with van der Waals surface area (Å²) in [5.41, 5.74) is 3.51. The van der Waals surface area contributed by atoms with E-state index in [0.29, 0.717) is 24.8 Å². The molecule has 0 unspecified atom stereocenters. The Balaban J connectivity index is 1.58. The van der Waals surface area contributed by atoms with Crippen molar-refractivity contribution in [2.75, 3.05) is 0 Å². The van der Waals surface area contributed by atoms with E-state index in [4.69, 9.17) is 11.6 Å². The van der Waals surface area contributed by atoms with Crippen LogP contribution < -0.4 is 10.1 Å². The minimum absolute atomic E-state index is 0.125. The molecule has 0 spiro atoms. The summed E-state index contributed by atoms with van der Waals surface area (Å²) in [5.74, 6) is -0.162. The van der Waals surface area contributed by atoms with Gasteiger partial charge in [0.2, 0.25) is 0 Å². The summed E-state index contributed by atoms with van der Waals surface area (Å²) >= 11 is 6.46. The maximum absolute atomic E-state index is 13.0. The van der Waals surface area contributed by atoms with Gasteiger partial charge in [-0.25, -0.2) is 9.07 Å². The summed E-state index contributed by atoms with van der Waals surface area (Å²) in [6.45, 7) is 0.532. The zero-order valence-electron chi connectivity index (χ0n) is 15.1. The number of nitrogens with one attached hydrogen (secondary N) is 1. The van der Waals surface area contributed by atoms with Crippen molar-refractivity contribution in [3.8, 4) is 5.75 Å². The molecule has 0 bridgehead atoms. The lowest BCUT2D eigenvalue weighted by Crippen LogP contribution is -2.13. The summed E-state index contributed by atoms with van der Waals surface area (Å²) < 4.78 is 43.4. The Labute approximate surface area is 165 Å². The number of nitrogens with zero attached hydrogens (tertiary/aromatic N) is 2. The van der Waals surface area contributed by atoms with Crippen LogP contribution in [-0.4, -0.2) is 16.4 Å². The lowest BCUT2D eigenvalue weighted by Gasteiger charge is -2.08. The second-order valence-corrected chi connectivity index (χ2v) is 6.62. The molecule has 0 aliphatic rings. The largest absolute Gasteiger partial charge is 0.435 e. The summed E-state index contributed by atoms with van der Waals surface area (Å²) in [7, 11) is 0. The van der Waals surface area contributed by atoms with Crippen LogP contribution in [0.3, 0.4) is 0 Å². The Morgan fingerprint density at radius 2 is 1.68 bits per heavy atom. The molecule has 3 rings (SSSR count). The van der Waals surface area contributed by atoms with Crippen LogP contribution in [0.4, 0.5) is 13.2 Å². The van der Waals surface area contributed by atoms with Crippen molar-refractivity contribution in [3.05, 3.63) is 81.9 Å². The first-order valence-corrected chi connectivity index (χ1v) is 9.01. The minimum Gasteiger partial charge on any atom is -0.435 e. The van der Waals surface area contributed by atoms with Crippen molar-refractivity contribution in [2.45, 2.75) is 33.2 Å². The monoisotopic (exact) mass is 409 g/mol. The third-order valence-electron chi connectivity index (χ3n) is 4.21. The van der Waals surface area contributed by atoms with Crippen LogP contribution in [0.2, 0.25) is 5.15 Å². The van der Waals surface area contributed by atoms with Crippen LogP contribution in [0.25, 0.3) is 0 Å². The van der Waals surface area contributed by atoms with Gasteiger partial charge in [0.1, 0.15) is 16.7 Å². The molecule has 8 heteroatoms. The molecule has 0 aliphatic carbocycles. The van der Waals surface area contributed by atoms with Crippen molar-refractivity contribution < 1.29 is 17.9 Å². The van der Waals surface area contributed by atoms with Gasteiger partial charge in [0, 0.05) is 18.7 Å². The van der Waals surface area contributed by atoms with E-state index in [1.165, 1.54) is 24.3 Å². The van der Waals surface area contributed by atoms with E-state index in [2.05, 4.69) is 15.2 Å². The average Bonchev–Trinajstić information content (AvgIpc) is 2.92. The van der Waals surface area contributed by atoms with Gasteiger partial charge in [0.15, 0.2) is 0 Å². The second-order valence-electron chi connectivity index (χ2n) is 6.26. The molecule has 1 N–H and O–H groups in total. The van der Waals surface area contributed by atoms with Gasteiger partial charge in [-0.2, -0.15) is 13.9 Å². The van der Waals surface area contributed by atoms with Crippen LogP contribution >= 0.6 is 11.6 Å². The lowest BCUT2D eigenvalue weighted by atomic mass is 10.2. The van der Waals surface area contributed by atoms with Gasteiger partial charge < -0.3 is 10.1 Å². The maximum atomic E-state index is 13.0. The fraction of sp³-hybridized carbons (Fsp3) is 0.250. The highest BCUT2D eigenvalue weighted by Crippen LogP contribution is 2.21. The first kappa shape index (κ1) is 20.2. The number of aromatic nitrogens is 2. The third kappa shape index (κ3) is 5.27. The molecule has 3 aromatic rings. The summed E-state index contributed by atoms with van der Waals surface area (Å²) in [4.78, 5) is 0. The van der Waals surface area contributed by atoms with Crippen LogP contribution in [-0.2, 0) is 19.6 Å². The van der Waals surface area contributed by atoms with Crippen molar-refractivity contribution in [2.24, 2.45) is 0 Å². The molecule has 28 heavy (non-hydrogen) atoms. The van der Waals surface area contributed by atoms with Gasteiger partial charge in [-0.3, -0.25) is 0 Å². The second kappa shape index (κ2) is 9.12. The van der Waals surface area contributed by atoms with Gasteiger partial charge >= 0.3 is 6.61 Å². The number of hydrogen-bond acceptors (Lipinski definition) is 3. The van der Waals surface area contributed by atoms with Crippen molar-refractivity contribution in [1.29, 1.82) is 0 Å². The average molecular weight is 410 g/mol. The van der Waals surface area contributed by atoms with E-state index in [1.54, 1.807) is 28.9 Å². The number of alkyl halides is 2. The molecule has 0 aliphatic heterocycles. The molecule has 148 valence electrons. The molecular weight excluding hydrogens is 391 g/mol. The molecule has 0 atom stereocenters. The zero-order chi connectivity index (χ0) is 20.1. The fourth-order valence-corrected chi connectivity index (χ4v) is 3.08. The lowest BCUT2D eigenvalue weighted by molar-refractivity contribution is -0.0498. The number of aryl methyl sites for hydroxylation is 1. The number of halogens is 4. The van der Waals surface area contributed by atoms with Crippen LogP contribution in [0.1, 0.15) is 22.4 Å². The van der Waals surface area contributed by atoms with Gasteiger partial charge in [0.05, 0.1) is 12.2 Å². The Kier molecular flexibility index (Phi) is 6.59. The predicted molar refractivity (Wildman–Crippen MR) is 101 cm³/mol. The Morgan fingerprint density at radius 3 is 2.32 bits per heavy atom. The number of ether oxygens (including phenoxy) is 1. The molecule has 0 saturated carbocycles. The normalized spacial score (nSPS) is 11.2. The molecule has 0 amide bonds. The fourth-order valence-electron chi connectivity index (χ4n) is 2.78. The molecule has 4 nitrogen and oxygen atoms in total. The maximum Gasteiger partial charge on any atom is 0.387 e. The summed E-state index contributed by atoms with van der Waals surface area (Å²) in [6.07, 6.45) is 0. The van der Waals surface area contributed by atoms with E-state index in [1.807, 2.05) is 6.92 Å². The Bertz CT molecular complexity index is 912. The van der Waals surface area contributed by atoms with E-state index >= 15 is 0 Å². The molecule has 0 saturated heterocycles. The molecule has 1 heterocycles. The molecular formula is C20H19ClF3N3O. The van der Waals surface area contributed by atoms with Crippen LogP contribution in [0, 0.1) is 12.7 Å². The van der Waals surface area contributed by atoms with E-state index in [0.717, 1.165) is 22.4 Å². The van der Waals surface area contributed by atoms with Gasteiger partial charge in [0.25, 0.3) is 0 Å². The highest BCUT2D eigenvalue weighted by atomic mass is 35.5. The molecule has 0 radical (unpaired) electrons. The Hall–Kier alpha value is -2.51. The van der Waals surface area contributed by atoms with Crippen LogP contribution in [0.5, 0.6) is 5.75 Å². The first-order valence-electron chi connectivity index (χ1n) is 8.63. The third-order valence-corrected chi connectivity index (χ3v) is 4.63. The topological polar surface area (TPSA) is 39.1 Å². The zero-order valence-corrected chi connectivity index (χ0v) is 15.9. The van der Waals surface area contributed by atoms with Crippen molar-refractivity contribution >= 4 is 11.6 Å². The van der Waals surface area contributed by atoms with Gasteiger partial charge in [-0.1, -0.05) is 35.9 Å². The predicted octanol–water partition coefficient (Wildman–Crippen LogP) is 4.92. The van der Waals surface area contributed by atoms with E-state index in [-0.39, 0.29) is 11.6 Å². The SMILES string of the molecule is Cc1nn(Cc2ccc(F)cc2)c(Cl)c1CNCc1ccc(OC(F)F)cc1. The number of hydrogen-bond donors (Lipinski definition) is 1. The molecule has 0 fully saturated rings. The minimum atomic E-state index is -2.83. The smallest absolute Gasteiger partial charge is 0.387 e. The molecule has 1 aromatic heterocycles. The highest BCUT2D eigenvalue weighted by molar-refractivity contribution is 6.30. The number of rotatable bonds is 8. The standard InChI is InChI=1S/C20H19ClF3N3O/c1-13-18(11-25-10-14-4-8-17(9-5-14)28-20(23)24)19(21)27(26-13)12-15-2-6-16(22)7-3-15/h2-9,20,25H,10-12H2,1H3. The van der Waals surface area contributed by atoms with Crippen LogP contribution in [0.15, 0.2) is 48.5 Å². The highest BCUT2D eigenvalue weighted by Gasteiger charge is 2.13. The van der Waals surface area contributed by atoms with Crippen molar-refractivity contribution in [3.63, 3.8) is 0 Å². The molecule has 2 aromatic carbocycles. The van der Waals surface area contributed by atoms with Gasteiger partial charge in [-0.05, 0) is 42.3 Å². The summed E-state index contributed by atoms with van der Waals surface area (Å²) in [6, 6.07) is 12.6. The summed E-state index contributed by atoms with van der Waals surface area (Å²) in [5, 5.41) is 8.25. The Morgan fingerprint density at radius 1 is 1.04 bits per heavy atom. The quantitative estimate of drug-likeness (QED) is 0.573.